The first-order valence-electron chi connectivity index (χ1n) is 19.5. The third-order valence-corrected chi connectivity index (χ3v) is 9.82. The molecule has 0 heterocycles. The summed E-state index contributed by atoms with van der Waals surface area (Å²) in [5.41, 5.74) is 2.26. The Morgan fingerprint density at radius 1 is 0.632 bits per heavy atom. The van der Waals surface area contributed by atoms with Gasteiger partial charge in [-0.25, -0.2) is 4.79 Å². The Balaban J connectivity index is 1.72. The number of aliphatic hydroxyl groups excluding tert-OH is 1. The first kappa shape index (κ1) is 46.0. The maximum absolute atomic E-state index is 13.8. The number of rotatable bonds is 22. The first-order valence-corrected chi connectivity index (χ1v) is 19.5. The van der Waals surface area contributed by atoms with Crippen LogP contribution in [0.1, 0.15) is 71.1 Å². The molecule has 13 heteroatoms. The van der Waals surface area contributed by atoms with Crippen molar-refractivity contribution in [1.29, 1.82) is 0 Å². The zero-order valence-electron chi connectivity index (χ0n) is 34.4. The normalized spacial score (nSPS) is 14.3. The van der Waals surface area contributed by atoms with Crippen molar-refractivity contribution < 1.29 is 43.3 Å². The van der Waals surface area contributed by atoms with Gasteiger partial charge in [0.25, 0.3) is 0 Å². The van der Waals surface area contributed by atoms with Crippen LogP contribution in [0.5, 0.6) is 11.5 Å². The molecule has 0 spiro atoms. The molecule has 0 bridgehead atoms. The maximum atomic E-state index is 13.8. The predicted molar refractivity (Wildman–Crippen MR) is 217 cm³/mol. The zero-order valence-corrected chi connectivity index (χ0v) is 34.4. The van der Waals surface area contributed by atoms with E-state index in [2.05, 4.69) is 21.3 Å². The number of benzene rings is 3. The Bertz CT molecular complexity index is 1750. The van der Waals surface area contributed by atoms with Gasteiger partial charge in [0, 0.05) is 0 Å². The summed E-state index contributed by atoms with van der Waals surface area (Å²) in [5.74, 6) is -2.65. The summed E-state index contributed by atoms with van der Waals surface area (Å²) in [7, 11) is 3.02. The minimum atomic E-state index is -1.37. The third kappa shape index (κ3) is 14.5. The Morgan fingerprint density at radius 2 is 1.19 bits per heavy atom. The number of aliphatic hydroxyl groups is 1. The second-order valence-corrected chi connectivity index (χ2v) is 15.0. The summed E-state index contributed by atoms with van der Waals surface area (Å²) in [6, 6.07) is 19.6. The van der Waals surface area contributed by atoms with Crippen molar-refractivity contribution in [3.63, 3.8) is 0 Å². The Morgan fingerprint density at radius 3 is 1.75 bits per heavy atom. The van der Waals surface area contributed by atoms with E-state index in [0.717, 1.165) is 11.1 Å². The SMILES string of the molecule is CC[C@H](C)[C@H](NC(=O)C[C@H](O)[C@H](Cc1ccccc1)NC(=O)[C@@H](NC(=O)Cc1ccc(OC)c(OC)c1)C(C)C)C(=O)N[C@H](C(=O)OCc1ccccc1)C(C)C. The van der Waals surface area contributed by atoms with Gasteiger partial charge >= 0.3 is 5.97 Å². The number of nitrogens with one attached hydrogen (secondary N) is 4. The molecule has 3 aromatic rings. The van der Waals surface area contributed by atoms with Crippen molar-refractivity contribution in [3.05, 3.63) is 95.6 Å². The van der Waals surface area contributed by atoms with Gasteiger partial charge in [0.15, 0.2) is 11.5 Å². The minimum absolute atomic E-state index is 0.0230. The number of hydrogen-bond donors (Lipinski definition) is 5. The third-order valence-electron chi connectivity index (χ3n) is 9.82. The van der Waals surface area contributed by atoms with E-state index in [4.69, 9.17) is 14.2 Å². The van der Waals surface area contributed by atoms with Crippen LogP contribution in [-0.2, 0) is 48.2 Å². The highest BCUT2D eigenvalue weighted by Crippen LogP contribution is 2.27. The molecule has 0 aromatic heterocycles. The quantitative estimate of drug-likeness (QED) is 0.0929. The molecule has 310 valence electrons. The van der Waals surface area contributed by atoms with Gasteiger partial charge < -0.3 is 40.6 Å². The number of esters is 1. The van der Waals surface area contributed by atoms with E-state index in [9.17, 15) is 29.1 Å². The van der Waals surface area contributed by atoms with Crippen molar-refractivity contribution in [2.75, 3.05) is 14.2 Å². The summed E-state index contributed by atoms with van der Waals surface area (Å²) >= 11 is 0. The molecule has 4 amide bonds. The maximum Gasteiger partial charge on any atom is 0.329 e. The van der Waals surface area contributed by atoms with E-state index < -0.39 is 66.3 Å². The monoisotopic (exact) mass is 788 g/mol. The van der Waals surface area contributed by atoms with Gasteiger partial charge in [0.2, 0.25) is 23.6 Å². The fourth-order valence-corrected chi connectivity index (χ4v) is 6.18. The van der Waals surface area contributed by atoms with Crippen molar-refractivity contribution in [2.24, 2.45) is 17.8 Å². The summed E-state index contributed by atoms with van der Waals surface area (Å²) in [4.78, 5) is 67.3. The highest BCUT2D eigenvalue weighted by molar-refractivity contribution is 5.91. The molecular weight excluding hydrogens is 729 g/mol. The van der Waals surface area contributed by atoms with Crippen LogP contribution in [0.4, 0.5) is 0 Å². The molecular formula is C44H60N4O9. The van der Waals surface area contributed by atoms with E-state index in [-0.39, 0.29) is 37.2 Å². The van der Waals surface area contributed by atoms with Gasteiger partial charge in [-0.05, 0) is 53.0 Å². The molecule has 0 aliphatic heterocycles. The molecule has 0 radical (unpaired) electrons. The van der Waals surface area contributed by atoms with Crippen LogP contribution in [0.2, 0.25) is 0 Å². The molecule has 13 nitrogen and oxygen atoms in total. The Hall–Kier alpha value is -5.43. The second kappa shape index (κ2) is 23.0. The predicted octanol–water partition coefficient (Wildman–Crippen LogP) is 4.28. The van der Waals surface area contributed by atoms with Crippen LogP contribution in [0.15, 0.2) is 78.9 Å². The van der Waals surface area contributed by atoms with E-state index >= 15 is 0 Å². The Kier molecular flexibility index (Phi) is 18.5. The number of amides is 4. The fourth-order valence-electron chi connectivity index (χ4n) is 6.18. The van der Waals surface area contributed by atoms with E-state index in [0.29, 0.717) is 23.5 Å². The molecule has 0 aliphatic carbocycles. The number of carbonyl (C=O) groups is 5. The fraction of sp³-hybridized carbons (Fsp3) is 0.477. The summed E-state index contributed by atoms with van der Waals surface area (Å²) in [5, 5.41) is 22.8. The van der Waals surface area contributed by atoms with Gasteiger partial charge in [0.1, 0.15) is 24.7 Å². The van der Waals surface area contributed by atoms with E-state index in [1.165, 1.54) is 14.2 Å². The van der Waals surface area contributed by atoms with Gasteiger partial charge in [-0.2, -0.15) is 0 Å². The molecule has 0 aliphatic rings. The van der Waals surface area contributed by atoms with Gasteiger partial charge in [-0.1, -0.05) is 115 Å². The lowest BCUT2D eigenvalue weighted by Crippen LogP contribution is -2.57. The number of ether oxygens (including phenoxy) is 3. The molecule has 57 heavy (non-hydrogen) atoms. The Labute approximate surface area is 336 Å². The van der Waals surface area contributed by atoms with Crippen molar-refractivity contribution in [3.8, 4) is 11.5 Å². The van der Waals surface area contributed by atoms with Crippen molar-refractivity contribution in [1.82, 2.24) is 21.3 Å². The second-order valence-electron chi connectivity index (χ2n) is 15.0. The largest absolute Gasteiger partial charge is 0.493 e. The van der Waals surface area contributed by atoms with Crippen LogP contribution < -0.4 is 30.7 Å². The van der Waals surface area contributed by atoms with Gasteiger partial charge in [0.05, 0.1) is 39.2 Å². The highest BCUT2D eigenvalue weighted by Gasteiger charge is 2.34. The summed E-state index contributed by atoms with van der Waals surface area (Å²) in [6.07, 6.45) is -1.12. The smallest absolute Gasteiger partial charge is 0.329 e. The molecule has 6 atom stereocenters. The van der Waals surface area contributed by atoms with Crippen LogP contribution in [0.3, 0.4) is 0 Å². The topological polar surface area (TPSA) is 181 Å². The van der Waals surface area contributed by atoms with Crippen LogP contribution in [-0.4, -0.2) is 79.2 Å². The minimum Gasteiger partial charge on any atom is -0.493 e. The number of carbonyl (C=O) groups excluding carboxylic acids is 5. The number of methoxy groups -OCH3 is 2. The summed E-state index contributed by atoms with van der Waals surface area (Å²) < 4.78 is 16.1. The van der Waals surface area contributed by atoms with E-state index in [1.807, 2.05) is 74.5 Å². The van der Waals surface area contributed by atoms with Crippen LogP contribution in [0, 0.1) is 17.8 Å². The molecule has 3 rings (SSSR count). The van der Waals surface area contributed by atoms with Crippen LogP contribution >= 0.6 is 0 Å². The van der Waals surface area contributed by atoms with Crippen molar-refractivity contribution >= 4 is 29.6 Å². The van der Waals surface area contributed by atoms with Crippen LogP contribution in [0.25, 0.3) is 0 Å². The molecule has 3 aromatic carbocycles. The number of hydrogen-bond acceptors (Lipinski definition) is 9. The lowest BCUT2D eigenvalue weighted by molar-refractivity contribution is -0.150. The molecule has 5 N–H and O–H groups in total. The molecule has 0 fully saturated rings. The lowest BCUT2D eigenvalue weighted by Gasteiger charge is -2.30. The molecule has 0 saturated heterocycles. The lowest BCUT2D eigenvalue weighted by atomic mass is 9.95. The molecule has 0 saturated carbocycles. The average molecular weight is 789 g/mol. The van der Waals surface area contributed by atoms with Crippen molar-refractivity contribution in [2.45, 2.75) is 104 Å². The van der Waals surface area contributed by atoms with E-state index in [1.54, 1.807) is 45.9 Å². The average Bonchev–Trinajstić information content (AvgIpc) is 3.19. The van der Waals surface area contributed by atoms with Gasteiger partial charge in [-0.3, -0.25) is 19.2 Å². The standard InChI is InChI=1S/C44H60N4O9/c1-9-29(6)41(43(53)48-40(28(4)5)44(54)57-26-31-18-14-11-15-19-31)47-38(51)25-34(49)33(22-30-16-12-10-13-17-30)45-42(52)39(27(2)3)46-37(50)24-32-20-21-35(55-7)36(23-32)56-8/h10-21,23,27-29,33-34,39-41,49H,9,22,24-26H2,1-8H3,(H,45,52)(H,46,50)(H,47,51)(H,48,53)/t29-,33-,34-,39-,40-,41-/m0/s1. The molecule has 0 unspecified atom stereocenters. The highest BCUT2D eigenvalue weighted by atomic mass is 16.5. The summed E-state index contributed by atoms with van der Waals surface area (Å²) in [6.45, 7) is 10.9. The first-order chi connectivity index (χ1) is 27.2. The zero-order chi connectivity index (χ0) is 42.1. The van der Waals surface area contributed by atoms with Gasteiger partial charge in [-0.15, -0.1) is 0 Å².